The van der Waals surface area contributed by atoms with Crippen LogP contribution in [0.3, 0.4) is 0 Å². The number of carbonyl (C=O) groups excluding carboxylic acids is 1. The second-order valence-corrected chi connectivity index (χ2v) is 7.70. The van der Waals surface area contributed by atoms with Gasteiger partial charge in [0.25, 0.3) is 0 Å². The molecule has 1 saturated heterocycles. The molecule has 4 rings (SSSR count). The molecular formula is C20H25N3O4. The number of fused-ring (bicyclic) bond motifs is 1. The molecule has 0 N–H and O–H groups in total. The number of benzene rings is 1. The average molecular weight is 371 g/mol. The number of aromatic nitrogens is 2. The van der Waals surface area contributed by atoms with Gasteiger partial charge < -0.3 is 18.9 Å². The van der Waals surface area contributed by atoms with Crippen LogP contribution in [0.25, 0.3) is 0 Å². The number of hydrogen-bond acceptors (Lipinski definition) is 6. The summed E-state index contributed by atoms with van der Waals surface area (Å²) in [6.45, 7) is 5.87. The van der Waals surface area contributed by atoms with Gasteiger partial charge in [-0.2, -0.15) is 4.98 Å². The van der Waals surface area contributed by atoms with Gasteiger partial charge in [0.05, 0.1) is 0 Å². The van der Waals surface area contributed by atoms with Crippen molar-refractivity contribution in [3.05, 3.63) is 35.5 Å². The van der Waals surface area contributed by atoms with Crippen molar-refractivity contribution in [2.45, 2.75) is 46.0 Å². The number of carbonyl (C=O) groups is 1. The first kappa shape index (κ1) is 17.8. The number of amides is 1. The van der Waals surface area contributed by atoms with E-state index >= 15 is 0 Å². The highest BCUT2D eigenvalue weighted by atomic mass is 16.7. The first-order valence-corrected chi connectivity index (χ1v) is 9.52. The van der Waals surface area contributed by atoms with Crippen molar-refractivity contribution in [3.8, 4) is 11.5 Å². The quantitative estimate of drug-likeness (QED) is 0.777. The molecule has 0 bridgehead atoms. The van der Waals surface area contributed by atoms with Gasteiger partial charge in [0, 0.05) is 32.4 Å². The van der Waals surface area contributed by atoms with Gasteiger partial charge in [0.2, 0.25) is 18.6 Å². The Balaban J connectivity index is 1.40. The molecule has 2 aliphatic rings. The van der Waals surface area contributed by atoms with Crippen LogP contribution in [-0.4, -0.2) is 40.8 Å². The van der Waals surface area contributed by atoms with Crippen molar-refractivity contribution >= 4 is 5.91 Å². The van der Waals surface area contributed by atoms with Gasteiger partial charge in [-0.05, 0) is 36.0 Å². The molecule has 27 heavy (non-hydrogen) atoms. The Morgan fingerprint density at radius 2 is 2.11 bits per heavy atom. The van der Waals surface area contributed by atoms with E-state index < -0.39 is 0 Å². The summed E-state index contributed by atoms with van der Waals surface area (Å²) in [5.41, 5.74) is 1.24. The van der Waals surface area contributed by atoms with Crippen LogP contribution in [-0.2, 0) is 24.1 Å². The van der Waals surface area contributed by atoms with Crippen molar-refractivity contribution in [2.24, 2.45) is 5.41 Å². The third-order valence-corrected chi connectivity index (χ3v) is 5.36. The number of hydrogen-bond donors (Lipinski definition) is 0. The molecule has 7 nitrogen and oxygen atoms in total. The summed E-state index contributed by atoms with van der Waals surface area (Å²) in [6, 6.07) is 6.11. The second kappa shape index (κ2) is 7.21. The zero-order valence-electron chi connectivity index (χ0n) is 15.9. The van der Waals surface area contributed by atoms with E-state index in [4.69, 9.17) is 14.0 Å². The monoisotopic (exact) mass is 371 g/mol. The molecule has 144 valence electrons. The lowest BCUT2D eigenvalue weighted by Crippen LogP contribution is -2.46. The van der Waals surface area contributed by atoms with E-state index in [-0.39, 0.29) is 18.1 Å². The van der Waals surface area contributed by atoms with Crippen LogP contribution in [0.2, 0.25) is 0 Å². The molecule has 1 aromatic carbocycles. The normalized spacial score (nSPS) is 21.7. The lowest BCUT2D eigenvalue weighted by atomic mass is 9.76. The summed E-state index contributed by atoms with van der Waals surface area (Å²) in [4.78, 5) is 18.7. The molecular weight excluding hydrogens is 346 g/mol. The topological polar surface area (TPSA) is 77.7 Å². The Kier molecular flexibility index (Phi) is 4.76. The van der Waals surface area contributed by atoms with Crippen LogP contribution in [0, 0.1) is 5.41 Å². The molecule has 1 amide bonds. The van der Waals surface area contributed by atoms with E-state index in [0.29, 0.717) is 31.1 Å². The number of likely N-dealkylation sites (tertiary alicyclic amines) is 1. The van der Waals surface area contributed by atoms with Crippen LogP contribution in [0.5, 0.6) is 11.5 Å². The number of nitrogens with zero attached hydrogens (tertiary/aromatic N) is 3. The van der Waals surface area contributed by atoms with Crippen LogP contribution in [0.4, 0.5) is 0 Å². The van der Waals surface area contributed by atoms with Crippen molar-refractivity contribution < 1.29 is 18.8 Å². The lowest BCUT2D eigenvalue weighted by Gasteiger charge is -2.40. The molecule has 2 aliphatic heterocycles. The molecule has 0 radical (unpaired) electrons. The van der Waals surface area contributed by atoms with E-state index in [0.717, 1.165) is 37.3 Å². The minimum Gasteiger partial charge on any atom is -0.454 e. The Hall–Kier alpha value is -2.57. The van der Waals surface area contributed by atoms with Crippen LogP contribution < -0.4 is 9.47 Å². The van der Waals surface area contributed by atoms with Gasteiger partial charge in [-0.3, -0.25) is 4.79 Å². The van der Waals surface area contributed by atoms with E-state index in [1.165, 1.54) is 5.56 Å². The van der Waals surface area contributed by atoms with Gasteiger partial charge in [-0.1, -0.05) is 25.1 Å². The summed E-state index contributed by atoms with van der Waals surface area (Å²) in [7, 11) is 0. The minimum absolute atomic E-state index is 0.0328. The third kappa shape index (κ3) is 3.91. The van der Waals surface area contributed by atoms with E-state index in [1.54, 1.807) is 0 Å². The summed E-state index contributed by atoms with van der Waals surface area (Å²) in [5.74, 6) is 3.12. The van der Waals surface area contributed by atoms with Crippen molar-refractivity contribution in [1.29, 1.82) is 0 Å². The van der Waals surface area contributed by atoms with E-state index in [2.05, 4.69) is 29.2 Å². The molecule has 1 fully saturated rings. The number of piperidine rings is 1. The molecule has 1 atom stereocenters. The molecule has 1 aromatic heterocycles. The third-order valence-electron chi connectivity index (χ3n) is 5.36. The summed E-state index contributed by atoms with van der Waals surface area (Å²) in [6.07, 6.45) is 3.70. The van der Waals surface area contributed by atoms with Gasteiger partial charge >= 0.3 is 0 Å². The first-order valence-electron chi connectivity index (χ1n) is 9.52. The van der Waals surface area contributed by atoms with Crippen LogP contribution >= 0.6 is 0 Å². The average Bonchev–Trinajstić information content (AvgIpc) is 3.31. The van der Waals surface area contributed by atoms with Gasteiger partial charge in [-0.25, -0.2) is 0 Å². The summed E-state index contributed by atoms with van der Waals surface area (Å²) in [5, 5.41) is 3.92. The minimum atomic E-state index is 0.0328. The summed E-state index contributed by atoms with van der Waals surface area (Å²) >= 11 is 0. The fraction of sp³-hybridized carbons (Fsp3) is 0.550. The predicted molar refractivity (Wildman–Crippen MR) is 97.6 cm³/mol. The van der Waals surface area contributed by atoms with Crippen LogP contribution in [0.15, 0.2) is 22.7 Å². The molecule has 1 unspecified atom stereocenters. The highest BCUT2D eigenvalue weighted by molar-refractivity contribution is 5.77. The second-order valence-electron chi connectivity index (χ2n) is 7.70. The fourth-order valence-corrected chi connectivity index (χ4v) is 3.85. The van der Waals surface area contributed by atoms with Gasteiger partial charge in [0.15, 0.2) is 17.3 Å². The Bertz CT molecular complexity index is 834. The largest absolute Gasteiger partial charge is 0.454 e. The maximum absolute atomic E-state index is 12.4. The van der Waals surface area contributed by atoms with Crippen molar-refractivity contribution in [1.82, 2.24) is 15.0 Å². The number of ether oxygens (including phenoxy) is 2. The molecule has 2 aromatic rings. The number of aryl methyl sites for hydroxylation is 1. The zero-order chi connectivity index (χ0) is 18.9. The van der Waals surface area contributed by atoms with E-state index in [1.807, 2.05) is 17.9 Å². The predicted octanol–water partition coefficient (Wildman–Crippen LogP) is 2.77. The lowest BCUT2D eigenvalue weighted by molar-refractivity contribution is -0.137. The van der Waals surface area contributed by atoms with Crippen molar-refractivity contribution in [3.63, 3.8) is 0 Å². The Morgan fingerprint density at radius 1 is 1.26 bits per heavy atom. The molecule has 0 spiro atoms. The Morgan fingerprint density at radius 3 is 2.93 bits per heavy atom. The highest BCUT2D eigenvalue weighted by Crippen LogP contribution is 2.37. The maximum atomic E-state index is 12.4. The zero-order valence-corrected chi connectivity index (χ0v) is 15.9. The van der Waals surface area contributed by atoms with Gasteiger partial charge in [-0.15, -0.1) is 0 Å². The molecule has 0 saturated carbocycles. The molecule has 3 heterocycles. The fourth-order valence-electron chi connectivity index (χ4n) is 3.85. The van der Waals surface area contributed by atoms with E-state index in [9.17, 15) is 4.79 Å². The first-order chi connectivity index (χ1) is 13.0. The van der Waals surface area contributed by atoms with Crippen molar-refractivity contribution in [2.75, 3.05) is 19.9 Å². The summed E-state index contributed by atoms with van der Waals surface area (Å²) < 4.78 is 16.1. The Labute approximate surface area is 158 Å². The van der Waals surface area contributed by atoms with Gasteiger partial charge in [0.1, 0.15) is 0 Å². The molecule has 7 heteroatoms. The SMILES string of the molecule is CCc1noc(CCN2CC(C)(Cc3ccc4c(c3)OCO4)CCC2=O)n1. The smallest absolute Gasteiger partial charge is 0.231 e. The highest BCUT2D eigenvalue weighted by Gasteiger charge is 2.35. The standard InChI is InChI=1S/C20H25N3O4/c1-3-17-21-18(27-22-17)7-9-23-12-20(2,8-6-19(23)24)11-14-4-5-15-16(10-14)26-13-25-15/h4-5,10H,3,6-9,11-13H2,1-2H3. The maximum Gasteiger partial charge on any atom is 0.231 e. The van der Waals surface area contributed by atoms with Crippen LogP contribution in [0.1, 0.15) is 44.0 Å². The number of rotatable bonds is 6. The molecule has 0 aliphatic carbocycles.